The Morgan fingerprint density at radius 1 is 1.36 bits per heavy atom. The van der Waals surface area contributed by atoms with Crippen LogP contribution in [-0.2, 0) is 27.2 Å². The van der Waals surface area contributed by atoms with Crippen molar-refractivity contribution in [2.45, 2.75) is 26.7 Å². The van der Waals surface area contributed by atoms with Gasteiger partial charge in [-0.1, -0.05) is 36.2 Å². The molecule has 0 saturated carbocycles. The topological polar surface area (TPSA) is 68.3 Å². The highest BCUT2D eigenvalue weighted by Gasteiger charge is 2.17. The van der Waals surface area contributed by atoms with Gasteiger partial charge in [0.05, 0.1) is 18.7 Å². The van der Waals surface area contributed by atoms with Gasteiger partial charge < -0.3 is 10.1 Å². The Bertz CT molecular complexity index is 764. The minimum absolute atomic E-state index is 0.0934. The number of ether oxygens (including phenoxy) is 1. The molecule has 8 heteroatoms. The Balaban J connectivity index is 1.92. The summed E-state index contributed by atoms with van der Waals surface area (Å²) >= 11 is 13.3. The molecular weight excluding hydrogens is 383 g/mol. The van der Waals surface area contributed by atoms with Crippen LogP contribution in [0.3, 0.4) is 0 Å². The van der Waals surface area contributed by atoms with Gasteiger partial charge in [-0.3, -0.25) is 9.59 Å². The molecule has 1 aromatic carbocycles. The first kappa shape index (κ1) is 19.7. The molecule has 1 atom stereocenters. The Morgan fingerprint density at radius 3 is 2.80 bits per heavy atom. The van der Waals surface area contributed by atoms with Crippen molar-refractivity contribution in [2.24, 2.45) is 5.92 Å². The largest absolute Gasteiger partial charge is 0.466 e. The number of carbonyl (C=O) groups is 2. The van der Waals surface area contributed by atoms with Crippen molar-refractivity contribution in [3.63, 3.8) is 0 Å². The maximum atomic E-state index is 12.3. The van der Waals surface area contributed by atoms with E-state index in [2.05, 4.69) is 10.3 Å². The normalized spacial score (nSPS) is 11.8. The van der Waals surface area contributed by atoms with E-state index in [4.69, 9.17) is 27.9 Å². The van der Waals surface area contributed by atoms with Gasteiger partial charge in [0, 0.05) is 21.3 Å². The van der Waals surface area contributed by atoms with Crippen LogP contribution in [0.25, 0.3) is 0 Å². The molecule has 1 N–H and O–H groups in total. The number of benzene rings is 1. The predicted molar refractivity (Wildman–Crippen MR) is 100 cm³/mol. The van der Waals surface area contributed by atoms with Crippen molar-refractivity contribution in [2.75, 3.05) is 11.9 Å². The van der Waals surface area contributed by atoms with Gasteiger partial charge >= 0.3 is 5.97 Å². The molecule has 25 heavy (non-hydrogen) atoms. The van der Waals surface area contributed by atoms with Gasteiger partial charge in [0.1, 0.15) is 0 Å². The van der Waals surface area contributed by atoms with E-state index >= 15 is 0 Å². The highest BCUT2D eigenvalue weighted by Crippen LogP contribution is 2.24. The summed E-state index contributed by atoms with van der Waals surface area (Å²) in [7, 11) is 0. The number of anilines is 1. The lowest BCUT2D eigenvalue weighted by Crippen LogP contribution is -2.22. The van der Waals surface area contributed by atoms with E-state index in [1.54, 1.807) is 24.4 Å². The smallest absolute Gasteiger partial charge is 0.311 e. The van der Waals surface area contributed by atoms with Crippen LogP contribution in [0, 0.1) is 5.92 Å². The number of amides is 1. The number of nitrogens with one attached hydrogen (secondary N) is 1. The summed E-state index contributed by atoms with van der Waals surface area (Å²) in [5.74, 6) is -0.796. The Hall–Kier alpha value is -1.63. The second-order valence-corrected chi connectivity index (χ2v) is 7.16. The maximum Gasteiger partial charge on any atom is 0.311 e. The number of nitrogens with zero attached hydrogens (tertiary/aromatic N) is 1. The number of halogens is 2. The van der Waals surface area contributed by atoms with Crippen molar-refractivity contribution < 1.29 is 14.3 Å². The minimum atomic E-state index is -0.337. The van der Waals surface area contributed by atoms with Crippen molar-refractivity contribution in [1.82, 2.24) is 4.98 Å². The second-order valence-electron chi connectivity index (χ2n) is 5.46. The number of thiazole rings is 1. The van der Waals surface area contributed by atoms with Crippen LogP contribution >= 0.6 is 34.5 Å². The van der Waals surface area contributed by atoms with Crippen LogP contribution in [0.5, 0.6) is 0 Å². The molecular formula is C17H18Cl2N2O3S. The third kappa shape index (κ3) is 5.99. The van der Waals surface area contributed by atoms with E-state index in [9.17, 15) is 9.59 Å². The number of hydrogen-bond donors (Lipinski definition) is 1. The van der Waals surface area contributed by atoms with Crippen molar-refractivity contribution in [3.05, 3.63) is 44.9 Å². The van der Waals surface area contributed by atoms with Gasteiger partial charge in [-0.2, -0.15) is 0 Å². The van der Waals surface area contributed by atoms with Crippen molar-refractivity contribution in [1.29, 1.82) is 0 Å². The van der Waals surface area contributed by atoms with Gasteiger partial charge in [-0.25, -0.2) is 4.98 Å². The molecule has 0 aliphatic rings. The highest BCUT2D eigenvalue weighted by molar-refractivity contribution is 7.13. The third-order valence-corrected chi connectivity index (χ3v) is 4.79. The monoisotopic (exact) mass is 400 g/mol. The number of esters is 1. The summed E-state index contributed by atoms with van der Waals surface area (Å²) in [6, 6.07) is 5.22. The molecule has 134 valence electrons. The fraction of sp³-hybridized carbons (Fsp3) is 0.353. The second kappa shape index (κ2) is 9.17. The molecule has 1 amide bonds. The van der Waals surface area contributed by atoms with E-state index in [0.717, 1.165) is 5.56 Å². The number of carbonyl (C=O) groups excluding carboxylic acids is 2. The SMILES string of the molecule is CCOC(=O)Cc1csc(NC(=O)C(C)Cc2ccc(Cl)cc2Cl)n1. The number of rotatable bonds is 7. The molecule has 0 spiro atoms. The zero-order chi connectivity index (χ0) is 18.4. The summed E-state index contributed by atoms with van der Waals surface area (Å²) in [5, 5.41) is 6.05. The number of aromatic nitrogens is 1. The van der Waals surface area contributed by atoms with Gasteiger partial charge in [0.2, 0.25) is 5.91 Å². The first-order chi connectivity index (χ1) is 11.9. The molecule has 0 bridgehead atoms. The fourth-order valence-corrected chi connectivity index (χ4v) is 3.34. The Kier molecular flexibility index (Phi) is 7.23. The molecule has 0 aliphatic carbocycles. The van der Waals surface area contributed by atoms with Gasteiger partial charge in [-0.15, -0.1) is 11.3 Å². The van der Waals surface area contributed by atoms with Gasteiger partial charge in [0.15, 0.2) is 5.13 Å². The zero-order valence-electron chi connectivity index (χ0n) is 13.8. The maximum absolute atomic E-state index is 12.3. The first-order valence-electron chi connectivity index (χ1n) is 7.73. The van der Waals surface area contributed by atoms with Crippen molar-refractivity contribution in [3.8, 4) is 0 Å². The molecule has 1 unspecified atom stereocenters. The van der Waals surface area contributed by atoms with Crippen LogP contribution in [0.1, 0.15) is 25.1 Å². The minimum Gasteiger partial charge on any atom is -0.466 e. The molecule has 1 aromatic heterocycles. The molecule has 2 aromatic rings. The highest BCUT2D eigenvalue weighted by atomic mass is 35.5. The predicted octanol–water partition coefficient (Wildman–Crippen LogP) is 4.37. The van der Waals surface area contributed by atoms with E-state index < -0.39 is 0 Å². The molecule has 2 rings (SSSR count). The quantitative estimate of drug-likeness (QED) is 0.700. The third-order valence-electron chi connectivity index (χ3n) is 3.40. The van der Waals surface area contributed by atoms with E-state index in [-0.39, 0.29) is 24.2 Å². The van der Waals surface area contributed by atoms with E-state index in [1.165, 1.54) is 11.3 Å². The Labute approximate surface area is 160 Å². The summed E-state index contributed by atoms with van der Waals surface area (Å²) in [5.41, 5.74) is 1.43. The molecule has 0 aliphatic heterocycles. The molecule has 1 heterocycles. The van der Waals surface area contributed by atoms with Crippen LogP contribution in [0.4, 0.5) is 5.13 Å². The Morgan fingerprint density at radius 2 is 2.12 bits per heavy atom. The zero-order valence-corrected chi connectivity index (χ0v) is 16.2. The van der Waals surface area contributed by atoms with Gasteiger partial charge in [-0.05, 0) is 31.0 Å². The van der Waals surface area contributed by atoms with Gasteiger partial charge in [0.25, 0.3) is 0 Å². The summed E-state index contributed by atoms with van der Waals surface area (Å²) in [6.45, 7) is 3.89. The van der Waals surface area contributed by atoms with E-state index in [1.807, 2.05) is 13.0 Å². The van der Waals surface area contributed by atoms with Crippen LogP contribution in [0.15, 0.2) is 23.6 Å². The van der Waals surface area contributed by atoms with Crippen LogP contribution < -0.4 is 5.32 Å². The average Bonchev–Trinajstić information content (AvgIpc) is 2.97. The molecule has 0 saturated heterocycles. The van der Waals surface area contributed by atoms with Crippen LogP contribution in [-0.4, -0.2) is 23.5 Å². The fourth-order valence-electron chi connectivity index (χ4n) is 2.14. The summed E-state index contributed by atoms with van der Waals surface area (Å²) in [6.07, 6.45) is 0.582. The molecule has 5 nitrogen and oxygen atoms in total. The lowest BCUT2D eigenvalue weighted by molar-refractivity contribution is -0.142. The van der Waals surface area contributed by atoms with Crippen molar-refractivity contribution >= 4 is 51.5 Å². The average molecular weight is 401 g/mol. The first-order valence-corrected chi connectivity index (χ1v) is 9.37. The lowest BCUT2D eigenvalue weighted by atomic mass is 10.0. The van der Waals surface area contributed by atoms with Crippen LogP contribution in [0.2, 0.25) is 10.0 Å². The number of hydrogen-bond acceptors (Lipinski definition) is 5. The molecule has 0 radical (unpaired) electrons. The summed E-state index contributed by atoms with van der Waals surface area (Å²) < 4.78 is 4.88. The summed E-state index contributed by atoms with van der Waals surface area (Å²) in [4.78, 5) is 28.0. The lowest BCUT2D eigenvalue weighted by Gasteiger charge is -2.12. The van der Waals surface area contributed by atoms with E-state index in [0.29, 0.717) is 33.9 Å². The standard InChI is InChI=1S/C17H18Cl2N2O3S/c1-3-24-15(22)8-13-9-25-17(20-13)21-16(23)10(2)6-11-4-5-12(18)7-14(11)19/h4-5,7,9-10H,3,6,8H2,1-2H3,(H,20,21,23). The molecule has 0 fully saturated rings.